The van der Waals surface area contributed by atoms with Crippen LogP contribution in [0.1, 0.15) is 5.56 Å². The molecule has 0 aliphatic carbocycles. The normalized spacial score (nSPS) is 11.9. The molecule has 1 aromatic carbocycles. The first-order chi connectivity index (χ1) is 8.81. The molecule has 0 spiro atoms. The van der Waals surface area contributed by atoms with Crippen molar-refractivity contribution < 1.29 is 27.0 Å². The van der Waals surface area contributed by atoms with Gasteiger partial charge in [0.25, 0.3) is 6.43 Å². The number of aliphatic hydroxyl groups is 1. The maximum Gasteiger partial charge on any atom is 0.251 e. The van der Waals surface area contributed by atoms with E-state index in [0.29, 0.717) is 0 Å². The van der Waals surface area contributed by atoms with Gasteiger partial charge < -0.3 is 9.84 Å². The zero-order valence-corrected chi connectivity index (χ0v) is 11.4. The number of nitrogens with one attached hydrogen (secondary N) is 1. The van der Waals surface area contributed by atoms with Gasteiger partial charge in [0.2, 0.25) is 10.0 Å². The Morgan fingerprint density at radius 3 is 2.58 bits per heavy atom. The molecule has 0 aliphatic rings. The minimum absolute atomic E-state index is 0.0438. The Morgan fingerprint density at radius 1 is 1.47 bits per heavy atom. The molecule has 0 unspecified atom stereocenters. The highest BCUT2D eigenvalue weighted by molar-refractivity contribution is 7.89. The topological polar surface area (TPSA) is 75.6 Å². The monoisotopic (exact) mass is 315 g/mol. The molecule has 9 heteroatoms. The van der Waals surface area contributed by atoms with Gasteiger partial charge in [0.15, 0.2) is 0 Å². The minimum Gasteiger partial charge on any atom is -0.495 e. The quantitative estimate of drug-likeness (QED) is 0.831. The van der Waals surface area contributed by atoms with Gasteiger partial charge in [-0.25, -0.2) is 21.9 Å². The average molecular weight is 316 g/mol. The molecule has 0 saturated heterocycles. The van der Waals surface area contributed by atoms with Crippen LogP contribution < -0.4 is 9.46 Å². The van der Waals surface area contributed by atoms with Crippen molar-refractivity contribution in [3.63, 3.8) is 0 Å². The highest BCUT2D eigenvalue weighted by Gasteiger charge is 2.23. The molecule has 5 nitrogen and oxygen atoms in total. The van der Waals surface area contributed by atoms with Crippen molar-refractivity contribution in [1.82, 2.24) is 4.72 Å². The molecule has 1 rings (SSSR count). The fraction of sp³-hybridized carbons (Fsp3) is 0.400. The van der Waals surface area contributed by atoms with Gasteiger partial charge in [-0.1, -0.05) is 11.6 Å². The third kappa shape index (κ3) is 4.00. The van der Waals surface area contributed by atoms with Crippen LogP contribution in [0, 0.1) is 0 Å². The van der Waals surface area contributed by atoms with Crippen molar-refractivity contribution in [2.24, 2.45) is 0 Å². The average Bonchev–Trinajstić information content (AvgIpc) is 2.35. The van der Waals surface area contributed by atoms with E-state index in [0.717, 1.165) is 6.07 Å². The largest absolute Gasteiger partial charge is 0.495 e. The molecule has 0 aromatic heterocycles. The lowest BCUT2D eigenvalue weighted by atomic mass is 10.2. The van der Waals surface area contributed by atoms with Crippen molar-refractivity contribution >= 4 is 21.6 Å². The van der Waals surface area contributed by atoms with Crippen molar-refractivity contribution in [1.29, 1.82) is 0 Å². The third-order valence-electron chi connectivity index (χ3n) is 2.19. The van der Waals surface area contributed by atoms with Crippen LogP contribution in [0.25, 0.3) is 0 Å². The van der Waals surface area contributed by atoms with Crippen LogP contribution in [-0.4, -0.2) is 33.6 Å². The minimum atomic E-state index is -4.20. The van der Waals surface area contributed by atoms with Crippen LogP contribution in [0.4, 0.5) is 8.78 Å². The Bertz CT molecular complexity index is 551. The molecule has 0 saturated carbocycles. The summed E-state index contributed by atoms with van der Waals surface area (Å²) in [5.74, 6) is -0.131. The molecule has 19 heavy (non-hydrogen) atoms. The molecule has 0 atom stereocenters. The van der Waals surface area contributed by atoms with Crippen molar-refractivity contribution in [3.05, 3.63) is 22.7 Å². The predicted octanol–water partition coefficient (Wildman–Crippen LogP) is 1.38. The summed E-state index contributed by atoms with van der Waals surface area (Å²) >= 11 is 5.72. The molecule has 2 N–H and O–H groups in total. The molecule has 1 aromatic rings. The lowest BCUT2D eigenvalue weighted by Crippen LogP contribution is -2.29. The number of benzene rings is 1. The number of aliphatic hydroxyl groups excluding tert-OH is 1. The van der Waals surface area contributed by atoms with Gasteiger partial charge in [0, 0.05) is 10.6 Å². The Hall–Kier alpha value is -0.960. The second-order valence-corrected chi connectivity index (χ2v) is 5.67. The van der Waals surface area contributed by atoms with Crippen molar-refractivity contribution in [3.8, 4) is 5.75 Å². The Kier molecular flexibility index (Phi) is 5.48. The van der Waals surface area contributed by atoms with Crippen LogP contribution in [0.3, 0.4) is 0 Å². The van der Waals surface area contributed by atoms with Crippen molar-refractivity contribution in [2.75, 3.05) is 13.7 Å². The van der Waals surface area contributed by atoms with E-state index < -0.39 is 34.5 Å². The Labute approximate surface area is 114 Å². The first-order valence-electron chi connectivity index (χ1n) is 5.07. The molecule has 0 bridgehead atoms. The van der Waals surface area contributed by atoms with Gasteiger partial charge in [-0.15, -0.1) is 0 Å². The van der Waals surface area contributed by atoms with Crippen LogP contribution in [0.5, 0.6) is 5.75 Å². The number of hydrogen-bond donors (Lipinski definition) is 2. The molecule has 0 amide bonds. The van der Waals surface area contributed by atoms with Gasteiger partial charge in [-0.3, -0.25) is 0 Å². The zero-order valence-electron chi connectivity index (χ0n) is 9.86. The standard InChI is InChI=1S/C10H12ClF2NO4S/c1-18-10-6(5-15)2-7(11)3-8(10)19(16,17)14-4-9(12)13/h2-3,9,14-15H,4-5H2,1H3. The van der Waals surface area contributed by atoms with Gasteiger partial charge >= 0.3 is 0 Å². The molecular formula is C10H12ClF2NO4S. The maximum atomic E-state index is 12.1. The second-order valence-electron chi connectivity index (χ2n) is 3.50. The number of ether oxygens (including phenoxy) is 1. The predicted molar refractivity (Wildman–Crippen MR) is 65.1 cm³/mol. The number of methoxy groups -OCH3 is 1. The third-order valence-corrected chi connectivity index (χ3v) is 3.84. The lowest BCUT2D eigenvalue weighted by Gasteiger charge is -2.14. The molecular weight excluding hydrogens is 304 g/mol. The van der Waals surface area contributed by atoms with Gasteiger partial charge in [-0.2, -0.15) is 0 Å². The smallest absolute Gasteiger partial charge is 0.251 e. The van der Waals surface area contributed by atoms with Crippen LogP contribution in [0.15, 0.2) is 17.0 Å². The van der Waals surface area contributed by atoms with E-state index in [9.17, 15) is 17.2 Å². The highest BCUT2D eigenvalue weighted by atomic mass is 35.5. The zero-order chi connectivity index (χ0) is 14.6. The van der Waals surface area contributed by atoms with E-state index in [2.05, 4.69) is 0 Å². The Morgan fingerprint density at radius 2 is 2.11 bits per heavy atom. The summed E-state index contributed by atoms with van der Waals surface area (Å²) in [5.41, 5.74) is 0.146. The molecule has 0 fully saturated rings. The van der Waals surface area contributed by atoms with Crippen molar-refractivity contribution in [2.45, 2.75) is 17.9 Å². The van der Waals surface area contributed by atoms with E-state index in [1.807, 2.05) is 0 Å². The first-order valence-corrected chi connectivity index (χ1v) is 6.93. The number of sulfonamides is 1. The molecule has 0 radical (unpaired) electrons. The van der Waals surface area contributed by atoms with E-state index in [1.54, 1.807) is 4.72 Å². The number of halogens is 3. The number of hydrogen-bond acceptors (Lipinski definition) is 4. The van der Waals surface area contributed by atoms with Crippen LogP contribution in [0.2, 0.25) is 5.02 Å². The summed E-state index contributed by atoms with van der Waals surface area (Å²) in [6, 6.07) is 2.39. The summed E-state index contributed by atoms with van der Waals surface area (Å²) in [5, 5.41) is 9.15. The van der Waals surface area contributed by atoms with E-state index in [-0.39, 0.29) is 16.3 Å². The van der Waals surface area contributed by atoms with E-state index >= 15 is 0 Å². The first kappa shape index (κ1) is 16.1. The van der Waals surface area contributed by atoms with Gasteiger partial charge in [-0.05, 0) is 12.1 Å². The summed E-state index contributed by atoms with van der Waals surface area (Å²) in [6.45, 7) is -1.52. The number of rotatable bonds is 6. The van der Waals surface area contributed by atoms with E-state index in [1.165, 1.54) is 13.2 Å². The number of alkyl halides is 2. The summed E-state index contributed by atoms with van der Waals surface area (Å²) < 4.78 is 54.5. The maximum absolute atomic E-state index is 12.1. The highest BCUT2D eigenvalue weighted by Crippen LogP contribution is 2.31. The second kappa shape index (κ2) is 6.47. The summed E-state index contributed by atoms with van der Waals surface area (Å²) in [6.07, 6.45) is -2.82. The molecule has 108 valence electrons. The molecule has 0 heterocycles. The lowest BCUT2D eigenvalue weighted by molar-refractivity contribution is 0.153. The summed E-state index contributed by atoms with van der Waals surface area (Å²) in [7, 11) is -3.00. The fourth-order valence-electron chi connectivity index (χ4n) is 1.42. The van der Waals surface area contributed by atoms with Crippen LogP contribution >= 0.6 is 11.6 Å². The van der Waals surface area contributed by atoms with Crippen LogP contribution in [-0.2, 0) is 16.6 Å². The van der Waals surface area contributed by atoms with Gasteiger partial charge in [0.1, 0.15) is 10.6 Å². The van der Waals surface area contributed by atoms with Gasteiger partial charge in [0.05, 0.1) is 20.3 Å². The summed E-state index contributed by atoms with van der Waals surface area (Å²) in [4.78, 5) is -0.396. The molecule has 0 aliphatic heterocycles. The van der Waals surface area contributed by atoms with E-state index in [4.69, 9.17) is 21.4 Å². The SMILES string of the molecule is COc1c(CO)cc(Cl)cc1S(=O)(=O)NCC(F)F. The fourth-order valence-corrected chi connectivity index (χ4v) is 2.97. The Balaban J connectivity index is 3.28.